The average molecular weight is 475 g/mol. The van der Waals surface area contributed by atoms with Crippen LogP contribution in [-0.2, 0) is 22.4 Å². The van der Waals surface area contributed by atoms with Crippen molar-refractivity contribution in [1.29, 1.82) is 0 Å². The number of nitrogens with zero attached hydrogens (tertiary/aromatic N) is 1. The second kappa shape index (κ2) is 7.91. The molecule has 3 rings (SSSR count). The van der Waals surface area contributed by atoms with E-state index in [1.165, 1.54) is 19.3 Å². The van der Waals surface area contributed by atoms with Gasteiger partial charge in [0, 0.05) is 22.4 Å². The van der Waals surface area contributed by atoms with Crippen LogP contribution in [-0.4, -0.2) is 5.78 Å². The molecule has 1 aromatic carbocycles. The number of para-hydroxylation sites is 1. The van der Waals surface area contributed by atoms with E-state index >= 15 is 0 Å². The molecule has 1 saturated carbocycles. The quantitative estimate of drug-likeness (QED) is 0.502. The fraction of sp³-hybridized carbons (Fsp3) is 0.368. The molecular weight excluding hydrogens is 455 g/mol. The number of aromatic nitrogens is 1. The number of hydrogen-bond acceptors (Lipinski definition) is 2. The zero-order chi connectivity index (χ0) is 15.5. The van der Waals surface area contributed by atoms with Crippen LogP contribution in [0.2, 0.25) is 0 Å². The van der Waals surface area contributed by atoms with Gasteiger partial charge < -0.3 is 9.78 Å². The van der Waals surface area contributed by atoms with Gasteiger partial charge in [-0.2, -0.15) is 0 Å². The summed E-state index contributed by atoms with van der Waals surface area (Å²) < 4.78 is 0. The van der Waals surface area contributed by atoms with Crippen molar-refractivity contribution in [2.24, 2.45) is 5.92 Å². The third-order valence-electron chi connectivity index (χ3n) is 4.53. The first-order valence-electron chi connectivity index (χ1n) is 7.95. The van der Waals surface area contributed by atoms with Gasteiger partial charge in [-0.3, -0.25) is 4.79 Å². The van der Waals surface area contributed by atoms with Crippen LogP contribution in [0.15, 0.2) is 41.2 Å². The number of allylic oxidation sites excluding steroid dienone is 2. The van der Waals surface area contributed by atoms with Gasteiger partial charge in [0.05, 0.1) is 11.1 Å². The Morgan fingerprint density at radius 1 is 1.17 bits per heavy atom. The zero-order valence-corrected chi connectivity index (χ0v) is 16.5. The summed E-state index contributed by atoms with van der Waals surface area (Å²) in [7, 11) is 0. The Hall–Kier alpha value is -1.42. The summed E-state index contributed by atoms with van der Waals surface area (Å²) in [5, 5.41) is 0.872. The third kappa shape index (κ3) is 3.92. The van der Waals surface area contributed by atoms with E-state index in [1.807, 2.05) is 31.2 Å². The minimum absolute atomic E-state index is 0. The monoisotopic (exact) mass is 475 g/mol. The summed E-state index contributed by atoms with van der Waals surface area (Å²) in [6.45, 7) is 1.83. The van der Waals surface area contributed by atoms with Crippen LogP contribution in [0.4, 0.5) is 0 Å². The number of pyridine rings is 1. The summed E-state index contributed by atoms with van der Waals surface area (Å²) in [6, 6.07) is 7.45. The van der Waals surface area contributed by atoms with Crippen LogP contribution in [0.3, 0.4) is 0 Å². The molecule has 119 valence electrons. The van der Waals surface area contributed by atoms with Crippen molar-refractivity contribution in [2.75, 3.05) is 0 Å². The summed E-state index contributed by atoms with van der Waals surface area (Å²) in [4.78, 5) is 28.7. The van der Waals surface area contributed by atoms with Gasteiger partial charge in [-0.1, -0.05) is 49.6 Å². The van der Waals surface area contributed by atoms with Crippen LogP contribution in [0.25, 0.3) is 10.9 Å². The Morgan fingerprint density at radius 3 is 2.61 bits per heavy atom. The molecule has 0 unspecified atom stereocenters. The molecule has 0 saturated heterocycles. The zero-order valence-electron chi connectivity index (χ0n) is 13.3. The fourth-order valence-corrected chi connectivity index (χ4v) is 3.27. The van der Waals surface area contributed by atoms with E-state index in [0.29, 0.717) is 11.4 Å². The van der Waals surface area contributed by atoms with E-state index in [4.69, 9.17) is 0 Å². The minimum atomic E-state index is -0.422. The maximum absolute atomic E-state index is 12.4. The van der Waals surface area contributed by atoms with Crippen LogP contribution in [0, 0.1) is 12.8 Å². The predicted molar refractivity (Wildman–Crippen MR) is 88.3 cm³/mol. The second-order valence-electron chi connectivity index (χ2n) is 6.06. The van der Waals surface area contributed by atoms with Gasteiger partial charge in [-0.05, 0) is 42.7 Å². The molecule has 0 spiro atoms. The molecule has 4 heteroatoms. The van der Waals surface area contributed by atoms with Crippen molar-refractivity contribution in [2.45, 2.75) is 39.0 Å². The molecule has 0 N–H and O–H groups in total. The Kier molecular flexibility index (Phi) is 6.17. The van der Waals surface area contributed by atoms with Crippen LogP contribution < -0.4 is 10.5 Å². The minimum Gasteiger partial charge on any atom is -0.622 e. The smallest absolute Gasteiger partial charge is 0.187 e. The van der Waals surface area contributed by atoms with Gasteiger partial charge in [-0.25, -0.2) is 0 Å². The molecule has 1 heterocycles. The number of ketones is 1. The van der Waals surface area contributed by atoms with E-state index in [9.17, 15) is 9.59 Å². The van der Waals surface area contributed by atoms with Gasteiger partial charge in [0.2, 0.25) is 0 Å². The Labute approximate surface area is 151 Å². The molecule has 1 fully saturated rings. The van der Waals surface area contributed by atoms with Gasteiger partial charge in [0.15, 0.2) is 5.78 Å². The van der Waals surface area contributed by atoms with E-state index < -0.39 is 5.56 Å². The number of fused-ring (bicyclic) bond motifs is 1. The van der Waals surface area contributed by atoms with Gasteiger partial charge in [0.1, 0.15) is 0 Å². The number of benzene rings is 1. The summed E-state index contributed by atoms with van der Waals surface area (Å²) >= 11 is 0. The van der Waals surface area contributed by atoms with Crippen molar-refractivity contribution in [3.05, 3.63) is 57.9 Å². The Morgan fingerprint density at radius 2 is 1.87 bits per heavy atom. The SMILES string of the molecule is Cc1c(C(=O)/C=C/C2CCCCC2)c(=O)[n-]c2ccccc12.[Ta]. The van der Waals surface area contributed by atoms with Crippen molar-refractivity contribution in [3.8, 4) is 0 Å². The first-order valence-corrected chi connectivity index (χ1v) is 7.95. The molecule has 23 heavy (non-hydrogen) atoms. The van der Waals surface area contributed by atoms with Gasteiger partial charge >= 0.3 is 0 Å². The molecule has 2 aromatic rings. The molecule has 0 atom stereocenters. The van der Waals surface area contributed by atoms with Crippen LogP contribution in [0.5, 0.6) is 0 Å². The normalized spacial score (nSPS) is 15.7. The largest absolute Gasteiger partial charge is 0.622 e. The molecule has 1 radical (unpaired) electrons. The number of carbonyl (C=O) groups excluding carboxylic acids is 1. The van der Waals surface area contributed by atoms with E-state index in [0.717, 1.165) is 23.8 Å². The molecular formula is C19H20NO2Ta-. The van der Waals surface area contributed by atoms with Crippen LogP contribution in [0.1, 0.15) is 48.0 Å². The molecule has 1 aromatic heterocycles. The standard InChI is InChI=1S/C19H21NO2.Ta/c1-13-15-9-5-6-10-16(15)20-19(22)18(13)17(21)12-11-14-7-3-2-4-8-14;/h5-6,9-12,14H,2-4,7-8H2,1H3,(H,20,21,22);/p-1/b12-11+;. The average Bonchev–Trinajstić information content (AvgIpc) is 2.54. The Balaban J connectivity index is 0.00000192. The number of carbonyl (C=O) groups is 1. The molecule has 0 amide bonds. The number of rotatable bonds is 3. The molecule has 1 aliphatic carbocycles. The first kappa shape index (κ1) is 17.9. The third-order valence-corrected chi connectivity index (χ3v) is 4.53. The van der Waals surface area contributed by atoms with Gasteiger partial charge in [0.25, 0.3) is 0 Å². The topological polar surface area (TPSA) is 48.2 Å². The van der Waals surface area contributed by atoms with E-state index in [1.54, 1.807) is 12.1 Å². The Bertz CT molecular complexity index is 786. The van der Waals surface area contributed by atoms with Crippen molar-refractivity contribution >= 4 is 16.7 Å². The molecule has 0 bridgehead atoms. The molecule has 1 aliphatic rings. The van der Waals surface area contributed by atoms with Crippen molar-refractivity contribution in [3.63, 3.8) is 0 Å². The van der Waals surface area contributed by atoms with Crippen LogP contribution >= 0.6 is 0 Å². The van der Waals surface area contributed by atoms with Crippen molar-refractivity contribution < 1.29 is 27.2 Å². The maximum atomic E-state index is 12.4. The fourth-order valence-electron chi connectivity index (χ4n) is 3.27. The number of hydrogen-bond donors (Lipinski definition) is 0. The summed E-state index contributed by atoms with van der Waals surface area (Å²) in [5.74, 6) is 0.257. The molecule has 0 aliphatic heterocycles. The van der Waals surface area contributed by atoms with E-state index in [2.05, 4.69) is 4.98 Å². The van der Waals surface area contributed by atoms with Crippen molar-refractivity contribution in [1.82, 2.24) is 4.98 Å². The van der Waals surface area contributed by atoms with E-state index in [-0.39, 0.29) is 33.7 Å². The summed E-state index contributed by atoms with van der Waals surface area (Å²) in [5.41, 5.74) is 1.17. The first-order chi connectivity index (χ1) is 10.7. The molecule has 3 nitrogen and oxygen atoms in total. The number of aryl methyl sites for hydroxylation is 1. The van der Waals surface area contributed by atoms with Gasteiger partial charge in [-0.15, -0.1) is 5.52 Å². The second-order valence-corrected chi connectivity index (χ2v) is 6.06. The summed E-state index contributed by atoms with van der Waals surface area (Å²) in [6.07, 6.45) is 9.59. The maximum Gasteiger partial charge on any atom is 0.187 e. The predicted octanol–water partition coefficient (Wildman–Crippen LogP) is 3.78.